The lowest BCUT2D eigenvalue weighted by molar-refractivity contribution is -0.154. The van der Waals surface area contributed by atoms with Crippen molar-refractivity contribution in [2.75, 3.05) is 0 Å². The summed E-state index contributed by atoms with van der Waals surface area (Å²) in [6, 6.07) is 0. The minimum absolute atomic E-state index is 0.398. The van der Waals surface area contributed by atoms with Gasteiger partial charge in [0.25, 0.3) is 0 Å². The van der Waals surface area contributed by atoms with E-state index in [0.29, 0.717) is 0 Å². The fourth-order valence-corrected chi connectivity index (χ4v) is 2.17. The van der Waals surface area contributed by atoms with Crippen LogP contribution in [0.4, 0.5) is 0 Å². The van der Waals surface area contributed by atoms with E-state index in [4.69, 9.17) is 0 Å². The number of hydrogen-bond acceptors (Lipinski definition) is 3. The fraction of sp³-hybridized carbons (Fsp3) is 0.455. The van der Waals surface area contributed by atoms with Crippen molar-refractivity contribution >= 4 is 11.9 Å². The largest absolute Gasteiger partial charge is 0.392 e. The van der Waals surface area contributed by atoms with Crippen LogP contribution in [0.5, 0.6) is 0 Å². The fourth-order valence-electron chi connectivity index (χ4n) is 2.17. The Balaban J connectivity index is 2.54. The number of ether oxygens (including phenoxy) is 1. The Kier molecular flexibility index (Phi) is 1.84. The molecular weight excluding hydrogens is 180 g/mol. The second kappa shape index (κ2) is 2.80. The number of fused-ring (bicyclic) bond motifs is 1. The van der Waals surface area contributed by atoms with Crippen LogP contribution in [0.15, 0.2) is 23.8 Å². The zero-order valence-corrected chi connectivity index (χ0v) is 8.24. The third kappa shape index (κ3) is 0.983. The molecule has 2 unspecified atom stereocenters. The van der Waals surface area contributed by atoms with Crippen LogP contribution in [0.3, 0.4) is 0 Å². The Morgan fingerprint density at radius 2 is 2.29 bits per heavy atom. The van der Waals surface area contributed by atoms with Crippen LogP contribution in [0.25, 0.3) is 0 Å². The van der Waals surface area contributed by atoms with E-state index in [1.807, 2.05) is 19.1 Å². The molecule has 0 amide bonds. The maximum absolute atomic E-state index is 11.5. The monoisotopic (exact) mass is 192 g/mol. The van der Waals surface area contributed by atoms with Crippen LogP contribution in [0.1, 0.15) is 20.3 Å². The van der Waals surface area contributed by atoms with Gasteiger partial charge in [0.1, 0.15) is 5.41 Å². The lowest BCUT2D eigenvalue weighted by Crippen LogP contribution is -2.32. The first kappa shape index (κ1) is 9.19. The van der Waals surface area contributed by atoms with Crippen molar-refractivity contribution in [1.29, 1.82) is 0 Å². The Bertz CT molecular complexity index is 365. The average Bonchev–Trinajstić information content (AvgIpc) is 2.38. The van der Waals surface area contributed by atoms with Gasteiger partial charge in [-0.05, 0) is 20.3 Å². The van der Waals surface area contributed by atoms with Crippen LogP contribution in [0, 0.1) is 11.3 Å². The number of carbonyl (C=O) groups is 2. The van der Waals surface area contributed by atoms with Gasteiger partial charge >= 0.3 is 11.9 Å². The first-order chi connectivity index (χ1) is 6.59. The molecule has 2 rings (SSSR count). The standard InChI is InChI=1S/C11H12O3/c1-3-7-5-4-6-11(2)8(7)9(12)14-10(11)13/h3-4,6,8H,5H2,1-2H3. The van der Waals surface area contributed by atoms with Crippen LogP contribution in [-0.2, 0) is 14.3 Å². The third-order valence-corrected chi connectivity index (χ3v) is 3.03. The molecule has 2 aliphatic rings. The van der Waals surface area contributed by atoms with Crippen molar-refractivity contribution in [2.45, 2.75) is 20.3 Å². The van der Waals surface area contributed by atoms with Gasteiger partial charge < -0.3 is 4.74 Å². The molecule has 0 saturated carbocycles. The van der Waals surface area contributed by atoms with Crippen LogP contribution in [0.2, 0.25) is 0 Å². The first-order valence-electron chi connectivity index (χ1n) is 4.68. The normalized spacial score (nSPS) is 38.7. The summed E-state index contributed by atoms with van der Waals surface area (Å²) in [6.07, 6.45) is 6.34. The second-order valence-electron chi connectivity index (χ2n) is 3.89. The average molecular weight is 192 g/mol. The Morgan fingerprint density at radius 1 is 1.57 bits per heavy atom. The Morgan fingerprint density at radius 3 is 2.93 bits per heavy atom. The second-order valence-corrected chi connectivity index (χ2v) is 3.89. The molecule has 3 heteroatoms. The summed E-state index contributed by atoms with van der Waals surface area (Å²) in [5, 5.41) is 0. The molecule has 0 radical (unpaired) electrons. The smallest absolute Gasteiger partial charge is 0.324 e. The lowest BCUT2D eigenvalue weighted by atomic mass is 9.70. The summed E-state index contributed by atoms with van der Waals surface area (Å²) in [5.74, 6) is -1.23. The minimum Gasteiger partial charge on any atom is -0.392 e. The molecule has 0 N–H and O–H groups in total. The van der Waals surface area contributed by atoms with Crippen molar-refractivity contribution < 1.29 is 14.3 Å². The molecule has 14 heavy (non-hydrogen) atoms. The van der Waals surface area contributed by atoms with E-state index in [0.717, 1.165) is 12.0 Å². The molecule has 3 nitrogen and oxygen atoms in total. The van der Waals surface area contributed by atoms with Gasteiger partial charge in [0.2, 0.25) is 0 Å². The van der Waals surface area contributed by atoms with Gasteiger partial charge in [-0.25, -0.2) is 0 Å². The first-order valence-corrected chi connectivity index (χ1v) is 4.68. The molecule has 1 saturated heterocycles. The lowest BCUT2D eigenvalue weighted by Gasteiger charge is -2.27. The van der Waals surface area contributed by atoms with Gasteiger partial charge in [0.05, 0.1) is 5.92 Å². The quantitative estimate of drug-likeness (QED) is 0.332. The van der Waals surface area contributed by atoms with E-state index >= 15 is 0 Å². The van der Waals surface area contributed by atoms with Gasteiger partial charge in [-0.2, -0.15) is 0 Å². The molecule has 0 aromatic rings. The van der Waals surface area contributed by atoms with Crippen LogP contribution in [-0.4, -0.2) is 11.9 Å². The highest BCUT2D eigenvalue weighted by Crippen LogP contribution is 2.45. The number of rotatable bonds is 0. The van der Waals surface area contributed by atoms with Crippen LogP contribution < -0.4 is 0 Å². The van der Waals surface area contributed by atoms with Crippen molar-refractivity contribution in [1.82, 2.24) is 0 Å². The van der Waals surface area contributed by atoms with E-state index in [1.54, 1.807) is 13.0 Å². The maximum Gasteiger partial charge on any atom is 0.324 e. The van der Waals surface area contributed by atoms with Crippen molar-refractivity contribution in [3.8, 4) is 0 Å². The number of allylic oxidation sites excluding steroid dienone is 2. The highest BCUT2D eigenvalue weighted by atomic mass is 16.6. The number of hydrogen-bond donors (Lipinski definition) is 0. The van der Waals surface area contributed by atoms with E-state index in [-0.39, 0.29) is 0 Å². The predicted octanol–water partition coefficient (Wildman–Crippen LogP) is 1.60. The summed E-state index contributed by atoms with van der Waals surface area (Å²) < 4.78 is 4.67. The van der Waals surface area contributed by atoms with Gasteiger partial charge in [0.15, 0.2) is 0 Å². The Labute approximate surface area is 82.4 Å². The molecule has 0 spiro atoms. The molecular formula is C11H12O3. The zero-order valence-electron chi connectivity index (χ0n) is 8.24. The Hall–Kier alpha value is -1.38. The maximum atomic E-state index is 11.5. The molecule has 74 valence electrons. The zero-order chi connectivity index (χ0) is 10.3. The highest BCUT2D eigenvalue weighted by Gasteiger charge is 2.55. The van der Waals surface area contributed by atoms with Crippen molar-refractivity contribution in [3.05, 3.63) is 23.8 Å². The van der Waals surface area contributed by atoms with E-state index < -0.39 is 23.3 Å². The molecule has 1 aliphatic carbocycles. The summed E-state index contributed by atoms with van der Waals surface area (Å²) in [6.45, 7) is 3.63. The van der Waals surface area contributed by atoms with Crippen molar-refractivity contribution in [3.63, 3.8) is 0 Å². The van der Waals surface area contributed by atoms with Gasteiger partial charge in [-0.1, -0.05) is 23.8 Å². The summed E-state index contributed by atoms with van der Waals surface area (Å²) in [4.78, 5) is 23.0. The molecule has 2 atom stereocenters. The van der Waals surface area contributed by atoms with Crippen molar-refractivity contribution in [2.24, 2.45) is 11.3 Å². The van der Waals surface area contributed by atoms with E-state index in [2.05, 4.69) is 4.74 Å². The summed E-state index contributed by atoms with van der Waals surface area (Å²) in [5.41, 5.74) is 0.211. The summed E-state index contributed by atoms with van der Waals surface area (Å²) in [7, 11) is 0. The van der Waals surface area contributed by atoms with Gasteiger partial charge in [-0.3, -0.25) is 9.59 Å². The number of esters is 2. The predicted molar refractivity (Wildman–Crippen MR) is 50.2 cm³/mol. The van der Waals surface area contributed by atoms with Crippen LogP contribution >= 0.6 is 0 Å². The van der Waals surface area contributed by atoms with Gasteiger partial charge in [0, 0.05) is 0 Å². The molecule has 0 aromatic heterocycles. The third-order valence-electron chi connectivity index (χ3n) is 3.03. The van der Waals surface area contributed by atoms with E-state index in [1.165, 1.54) is 0 Å². The summed E-state index contributed by atoms with van der Waals surface area (Å²) >= 11 is 0. The number of cyclic esters (lactones) is 2. The topological polar surface area (TPSA) is 43.4 Å². The molecule has 0 aromatic carbocycles. The SMILES string of the molecule is CC=C1CC=CC2(C)C(=O)OC(=O)C12. The highest BCUT2D eigenvalue weighted by molar-refractivity contribution is 6.02. The van der Waals surface area contributed by atoms with Gasteiger partial charge in [-0.15, -0.1) is 0 Å². The molecule has 1 aliphatic heterocycles. The molecule has 0 bridgehead atoms. The molecule has 1 fully saturated rings. The van der Waals surface area contributed by atoms with E-state index in [9.17, 15) is 9.59 Å². The molecule has 1 heterocycles. The number of carbonyl (C=O) groups excluding carboxylic acids is 2. The minimum atomic E-state index is -0.767.